The van der Waals surface area contributed by atoms with Crippen LogP contribution >= 0.6 is 22.6 Å². The average molecular weight is 494 g/mol. The van der Waals surface area contributed by atoms with E-state index in [-0.39, 0.29) is 18.1 Å². The third-order valence-electron chi connectivity index (χ3n) is 3.93. The predicted molar refractivity (Wildman–Crippen MR) is 102 cm³/mol. The summed E-state index contributed by atoms with van der Waals surface area (Å²) in [6, 6.07) is 7.42. The second-order valence-corrected chi connectivity index (χ2v) is 6.85. The van der Waals surface area contributed by atoms with Crippen LogP contribution in [0.2, 0.25) is 0 Å². The second kappa shape index (κ2) is 8.81. The molecule has 0 amide bonds. The van der Waals surface area contributed by atoms with Gasteiger partial charge in [0.2, 0.25) is 0 Å². The number of carbonyl (C=O) groups is 1. The van der Waals surface area contributed by atoms with Crippen LogP contribution in [-0.2, 0) is 23.9 Å². The van der Waals surface area contributed by atoms with E-state index >= 15 is 0 Å². The molecule has 0 aliphatic heterocycles. The van der Waals surface area contributed by atoms with Crippen molar-refractivity contribution in [1.82, 2.24) is 0 Å². The fourth-order valence-electron chi connectivity index (χ4n) is 2.50. The van der Waals surface area contributed by atoms with Gasteiger partial charge in [0.25, 0.3) is 0 Å². The summed E-state index contributed by atoms with van der Waals surface area (Å²) in [5.41, 5.74) is 0.952. The zero-order valence-electron chi connectivity index (χ0n) is 14.9. The lowest BCUT2D eigenvalue weighted by Gasteiger charge is -2.18. The molecule has 0 aliphatic carbocycles. The van der Waals surface area contributed by atoms with Gasteiger partial charge in [0.05, 0.1) is 12.7 Å². The molecule has 0 saturated carbocycles. The molecule has 0 aliphatic rings. The van der Waals surface area contributed by atoms with E-state index in [4.69, 9.17) is 9.47 Å². The van der Waals surface area contributed by atoms with Crippen LogP contribution in [0.4, 0.5) is 18.0 Å². The number of hydrogen-bond acceptors (Lipinski definition) is 4. The molecular weight excluding hydrogens is 476 g/mol. The van der Waals surface area contributed by atoms with Crippen molar-refractivity contribution in [2.75, 3.05) is 7.11 Å². The van der Waals surface area contributed by atoms with Gasteiger partial charge in [-0.05, 0) is 71.3 Å². The molecule has 0 saturated heterocycles. The quantitative estimate of drug-likeness (QED) is 0.295. The first kappa shape index (κ1) is 21.3. The number of benzene rings is 2. The van der Waals surface area contributed by atoms with Crippen LogP contribution in [0.5, 0.6) is 11.5 Å². The highest BCUT2D eigenvalue weighted by Crippen LogP contribution is 2.39. The van der Waals surface area contributed by atoms with Crippen LogP contribution in [0.1, 0.15) is 29.2 Å². The Morgan fingerprint density at radius 2 is 1.89 bits per heavy atom. The van der Waals surface area contributed by atoms with E-state index < -0.39 is 17.9 Å². The van der Waals surface area contributed by atoms with Gasteiger partial charge in [0, 0.05) is 9.13 Å². The van der Waals surface area contributed by atoms with Gasteiger partial charge in [0.15, 0.2) is 0 Å². The summed E-state index contributed by atoms with van der Waals surface area (Å²) in [4.78, 5) is 11.4. The normalized spacial score (nSPS) is 11.2. The van der Waals surface area contributed by atoms with Gasteiger partial charge in [-0.1, -0.05) is 13.0 Å². The van der Waals surface area contributed by atoms with Gasteiger partial charge in [0.1, 0.15) is 18.1 Å². The van der Waals surface area contributed by atoms with Crippen molar-refractivity contribution in [1.29, 1.82) is 0 Å². The lowest BCUT2D eigenvalue weighted by Crippen LogP contribution is -2.13. The number of methoxy groups -OCH3 is 1. The monoisotopic (exact) mass is 494 g/mol. The molecule has 2 aromatic carbocycles. The van der Waals surface area contributed by atoms with Gasteiger partial charge in [-0.3, -0.25) is 0 Å². The van der Waals surface area contributed by atoms with Gasteiger partial charge in [-0.25, -0.2) is 4.79 Å². The van der Waals surface area contributed by atoms with E-state index in [1.165, 1.54) is 19.2 Å². The lowest BCUT2D eigenvalue weighted by atomic mass is 10.0. The number of carbonyl (C=O) groups excluding carboxylic acids is 1. The highest BCUT2D eigenvalue weighted by atomic mass is 127. The first-order valence-corrected chi connectivity index (χ1v) is 9.12. The summed E-state index contributed by atoms with van der Waals surface area (Å²) in [7, 11) is 1.17. The van der Waals surface area contributed by atoms with E-state index in [1.54, 1.807) is 26.0 Å². The number of aryl methyl sites for hydroxylation is 2. The third-order valence-corrected chi connectivity index (χ3v) is 4.94. The Hall–Kier alpha value is -1.97. The molecule has 0 radical (unpaired) electrons. The first-order valence-electron chi connectivity index (χ1n) is 8.04. The zero-order valence-corrected chi connectivity index (χ0v) is 17.1. The van der Waals surface area contributed by atoms with Gasteiger partial charge >= 0.3 is 12.3 Å². The smallest absolute Gasteiger partial charge is 0.488 e. The molecule has 8 heteroatoms. The van der Waals surface area contributed by atoms with Crippen molar-refractivity contribution < 1.29 is 32.2 Å². The molecule has 0 aromatic heterocycles. The van der Waals surface area contributed by atoms with Crippen LogP contribution < -0.4 is 9.47 Å². The number of hydrogen-bond donors (Lipinski definition) is 0. The Balaban J connectivity index is 2.37. The number of halogens is 4. The van der Waals surface area contributed by atoms with Crippen molar-refractivity contribution in [2.24, 2.45) is 0 Å². The zero-order chi connectivity index (χ0) is 20.2. The van der Waals surface area contributed by atoms with Crippen LogP contribution in [0.25, 0.3) is 0 Å². The molecule has 2 rings (SSSR count). The third kappa shape index (κ3) is 5.27. The Morgan fingerprint density at radius 1 is 1.19 bits per heavy atom. The molecule has 0 spiro atoms. The van der Waals surface area contributed by atoms with Crippen LogP contribution in [0.3, 0.4) is 0 Å². The van der Waals surface area contributed by atoms with Crippen LogP contribution in [-0.4, -0.2) is 13.3 Å². The van der Waals surface area contributed by atoms with Crippen molar-refractivity contribution in [3.63, 3.8) is 0 Å². The minimum atomic E-state index is -4.54. The highest BCUT2D eigenvalue weighted by Gasteiger charge is 2.35. The van der Waals surface area contributed by atoms with E-state index in [1.807, 2.05) is 22.6 Å². The molecule has 0 bridgehead atoms. The fourth-order valence-corrected chi connectivity index (χ4v) is 3.13. The molecule has 0 N–H and O–H groups in total. The minimum Gasteiger partial charge on any atom is -0.488 e. The van der Waals surface area contributed by atoms with Crippen molar-refractivity contribution in [3.05, 3.63) is 56.2 Å². The van der Waals surface area contributed by atoms with Crippen LogP contribution in [0.15, 0.2) is 30.3 Å². The fraction of sp³-hybridized carbons (Fsp3) is 0.316. The maximum atomic E-state index is 13.4. The van der Waals surface area contributed by atoms with Crippen molar-refractivity contribution in [2.45, 2.75) is 33.1 Å². The van der Waals surface area contributed by atoms with Gasteiger partial charge in [-0.15, -0.1) is 0 Å². The summed E-state index contributed by atoms with van der Waals surface area (Å²) in [6.45, 7) is 3.34. The molecule has 0 unspecified atom stereocenters. The van der Waals surface area contributed by atoms with E-state index in [2.05, 4.69) is 4.74 Å². The summed E-state index contributed by atoms with van der Waals surface area (Å²) >= 11 is 2.00. The molecule has 146 valence electrons. The van der Waals surface area contributed by atoms with E-state index in [0.717, 1.165) is 6.07 Å². The Kier molecular flexibility index (Phi) is 6.96. The summed E-state index contributed by atoms with van der Waals surface area (Å²) < 4.78 is 56.0. The Labute approximate surface area is 168 Å². The molecule has 2 aromatic rings. The maximum Gasteiger partial charge on any atom is 0.513 e. The SMILES string of the molecule is CCc1cc(C(F)(F)F)c(OCc2c(I)cccc2OC(=O)OC)cc1C. The van der Waals surface area contributed by atoms with Crippen molar-refractivity contribution >= 4 is 28.7 Å². The molecule has 4 nitrogen and oxygen atoms in total. The lowest BCUT2D eigenvalue weighted by molar-refractivity contribution is -0.139. The minimum absolute atomic E-state index is 0.171. The standard InChI is InChI=1S/C19H18F3IO4/c1-4-12-9-14(19(20,21)22)17(8-11(12)2)26-10-13-15(23)6-5-7-16(13)27-18(24)25-3/h5-9H,4,10H2,1-3H3. The Morgan fingerprint density at radius 3 is 2.48 bits per heavy atom. The summed E-state index contributed by atoms with van der Waals surface area (Å²) in [5, 5.41) is 0. The van der Waals surface area contributed by atoms with Crippen molar-refractivity contribution in [3.8, 4) is 11.5 Å². The first-order chi connectivity index (χ1) is 12.7. The van der Waals surface area contributed by atoms with Crippen LogP contribution in [0, 0.1) is 10.5 Å². The van der Waals surface area contributed by atoms with E-state index in [0.29, 0.717) is 26.7 Å². The maximum absolute atomic E-state index is 13.4. The average Bonchev–Trinajstić information content (AvgIpc) is 2.60. The molecule has 0 heterocycles. The number of alkyl halides is 3. The molecular formula is C19H18F3IO4. The largest absolute Gasteiger partial charge is 0.513 e. The number of ether oxygens (including phenoxy) is 3. The predicted octanol–water partition coefficient (Wildman–Crippen LogP) is 5.91. The summed E-state index contributed by atoms with van der Waals surface area (Å²) in [5.74, 6) is -0.0925. The molecule has 0 atom stereocenters. The van der Waals surface area contributed by atoms with Gasteiger partial charge < -0.3 is 14.2 Å². The number of rotatable bonds is 5. The molecule has 27 heavy (non-hydrogen) atoms. The Bertz CT molecular complexity index is 834. The topological polar surface area (TPSA) is 44.8 Å². The highest BCUT2D eigenvalue weighted by molar-refractivity contribution is 14.1. The van der Waals surface area contributed by atoms with Gasteiger partial charge in [-0.2, -0.15) is 13.2 Å². The van der Waals surface area contributed by atoms with E-state index in [9.17, 15) is 18.0 Å². The summed E-state index contributed by atoms with van der Waals surface area (Å²) in [6.07, 6.45) is -4.97. The molecule has 0 fully saturated rings. The second-order valence-electron chi connectivity index (χ2n) is 5.69.